The van der Waals surface area contributed by atoms with Crippen LogP contribution in [0, 0.1) is 0 Å². The van der Waals surface area contributed by atoms with Gasteiger partial charge in [0.1, 0.15) is 11.5 Å². The molecule has 0 saturated carbocycles. The quantitative estimate of drug-likeness (QED) is 0.411. The molecule has 1 aromatic carbocycles. The number of benzene rings is 1. The third-order valence-electron chi connectivity index (χ3n) is 4.56. The Labute approximate surface area is 165 Å². The summed E-state index contributed by atoms with van der Waals surface area (Å²) < 4.78 is 5.34. The number of aliphatic hydroxyl groups is 1. The van der Waals surface area contributed by atoms with Gasteiger partial charge in [-0.25, -0.2) is 0 Å². The molecule has 7 heteroatoms. The van der Waals surface area contributed by atoms with Gasteiger partial charge < -0.3 is 14.4 Å². The monoisotopic (exact) mass is 394 g/mol. The molecule has 1 aliphatic rings. The van der Waals surface area contributed by atoms with Gasteiger partial charge in [0.15, 0.2) is 0 Å². The Morgan fingerprint density at radius 2 is 1.93 bits per heavy atom. The Morgan fingerprint density at radius 1 is 1.14 bits per heavy atom. The van der Waals surface area contributed by atoms with Gasteiger partial charge in [0.2, 0.25) is 0 Å². The molecule has 28 heavy (non-hydrogen) atoms. The van der Waals surface area contributed by atoms with Crippen LogP contribution >= 0.6 is 11.6 Å². The normalized spacial score (nSPS) is 18.6. The van der Waals surface area contributed by atoms with Crippen molar-refractivity contribution in [3.05, 3.63) is 94.7 Å². The number of aliphatic hydroxyl groups excluding tert-OH is 1. The number of rotatable bonds is 4. The number of likely N-dealkylation sites (tertiary alicyclic amines) is 1. The molecule has 1 aliphatic heterocycles. The van der Waals surface area contributed by atoms with Crippen molar-refractivity contribution in [1.29, 1.82) is 0 Å². The molecule has 4 rings (SSSR count). The van der Waals surface area contributed by atoms with E-state index in [1.165, 1.54) is 11.2 Å². The second-order valence-corrected chi connectivity index (χ2v) is 6.74. The Hall–Kier alpha value is -3.38. The standard InChI is InChI=1S/C21H15ClN2O4/c22-15-7-5-13(6-8-15)19(25)17-18(14-3-1-9-23-11-14)24(21(27)20(17)26)12-16-4-2-10-28-16/h1-11,18,25H,12H2/b19-17-. The van der Waals surface area contributed by atoms with Crippen LogP contribution < -0.4 is 0 Å². The summed E-state index contributed by atoms with van der Waals surface area (Å²) in [5, 5.41) is 11.4. The first-order valence-corrected chi connectivity index (χ1v) is 8.90. The van der Waals surface area contributed by atoms with Crippen LogP contribution in [0.15, 0.2) is 77.2 Å². The third-order valence-corrected chi connectivity index (χ3v) is 4.82. The minimum absolute atomic E-state index is 0.00637. The molecule has 0 aliphatic carbocycles. The molecule has 0 spiro atoms. The van der Waals surface area contributed by atoms with Crippen molar-refractivity contribution in [3.63, 3.8) is 0 Å². The molecule has 1 unspecified atom stereocenters. The van der Waals surface area contributed by atoms with Gasteiger partial charge >= 0.3 is 0 Å². The van der Waals surface area contributed by atoms with Gasteiger partial charge in [0, 0.05) is 23.0 Å². The van der Waals surface area contributed by atoms with Crippen molar-refractivity contribution < 1.29 is 19.1 Å². The summed E-state index contributed by atoms with van der Waals surface area (Å²) in [5.41, 5.74) is 1.02. The first-order valence-electron chi connectivity index (χ1n) is 8.53. The molecule has 0 radical (unpaired) electrons. The number of Topliss-reactive ketones (excluding diaryl/α,β-unsaturated/α-hetero) is 1. The SMILES string of the molecule is O=C1C(=O)N(Cc2ccco2)C(c2cccnc2)/C1=C(/O)c1ccc(Cl)cc1. The van der Waals surface area contributed by atoms with E-state index >= 15 is 0 Å². The Balaban J connectivity index is 1.85. The van der Waals surface area contributed by atoms with Crippen LogP contribution in [-0.2, 0) is 16.1 Å². The van der Waals surface area contributed by atoms with E-state index in [1.54, 1.807) is 60.9 Å². The maximum absolute atomic E-state index is 12.8. The fourth-order valence-corrected chi connectivity index (χ4v) is 3.39. The number of ketones is 1. The molecule has 1 saturated heterocycles. The van der Waals surface area contributed by atoms with Crippen LogP contribution in [0.1, 0.15) is 22.9 Å². The zero-order valence-electron chi connectivity index (χ0n) is 14.6. The summed E-state index contributed by atoms with van der Waals surface area (Å²) in [6.45, 7) is 0.0918. The summed E-state index contributed by atoms with van der Waals surface area (Å²) in [5.74, 6) is -1.19. The summed E-state index contributed by atoms with van der Waals surface area (Å²) in [6.07, 6.45) is 4.67. The second kappa shape index (κ2) is 7.32. The zero-order valence-corrected chi connectivity index (χ0v) is 15.3. The molecular weight excluding hydrogens is 380 g/mol. The van der Waals surface area contributed by atoms with Crippen LogP contribution in [-0.4, -0.2) is 26.7 Å². The Morgan fingerprint density at radius 3 is 2.57 bits per heavy atom. The molecule has 1 atom stereocenters. The fraction of sp³-hybridized carbons (Fsp3) is 0.0952. The number of hydrogen-bond acceptors (Lipinski definition) is 5. The van der Waals surface area contributed by atoms with Gasteiger partial charge in [-0.2, -0.15) is 0 Å². The lowest BCUT2D eigenvalue weighted by atomic mass is 9.96. The zero-order chi connectivity index (χ0) is 19.7. The first kappa shape index (κ1) is 18.0. The smallest absolute Gasteiger partial charge is 0.296 e. The van der Waals surface area contributed by atoms with E-state index in [9.17, 15) is 14.7 Å². The predicted octanol–water partition coefficient (Wildman–Crippen LogP) is 3.95. The molecule has 6 nitrogen and oxygen atoms in total. The number of pyridine rings is 1. The molecule has 3 aromatic rings. The van der Waals surface area contributed by atoms with Crippen molar-refractivity contribution >= 4 is 29.1 Å². The summed E-state index contributed by atoms with van der Waals surface area (Å²) >= 11 is 5.91. The van der Waals surface area contributed by atoms with E-state index in [0.29, 0.717) is 21.9 Å². The fourth-order valence-electron chi connectivity index (χ4n) is 3.26. The van der Waals surface area contributed by atoms with E-state index in [2.05, 4.69) is 4.98 Å². The Bertz CT molecular complexity index is 1040. The highest BCUT2D eigenvalue weighted by Crippen LogP contribution is 2.40. The minimum Gasteiger partial charge on any atom is -0.507 e. The van der Waals surface area contributed by atoms with Crippen molar-refractivity contribution in [3.8, 4) is 0 Å². The number of aromatic nitrogens is 1. The summed E-state index contributed by atoms with van der Waals surface area (Å²) in [6, 6.07) is 12.5. The number of amides is 1. The minimum atomic E-state index is -0.783. The largest absolute Gasteiger partial charge is 0.507 e. The lowest BCUT2D eigenvalue weighted by molar-refractivity contribution is -0.140. The van der Waals surface area contributed by atoms with Gasteiger partial charge in [-0.15, -0.1) is 0 Å². The lowest BCUT2D eigenvalue weighted by Gasteiger charge is -2.24. The average molecular weight is 395 g/mol. The number of carbonyl (C=O) groups is 2. The summed E-state index contributed by atoms with van der Waals surface area (Å²) in [4.78, 5) is 31.1. The lowest BCUT2D eigenvalue weighted by Crippen LogP contribution is -2.29. The van der Waals surface area contributed by atoms with Gasteiger partial charge in [0.25, 0.3) is 11.7 Å². The first-order chi connectivity index (χ1) is 13.6. The van der Waals surface area contributed by atoms with Gasteiger partial charge in [-0.1, -0.05) is 17.7 Å². The molecule has 1 N–H and O–H groups in total. The van der Waals surface area contributed by atoms with Crippen LogP contribution in [0.3, 0.4) is 0 Å². The van der Waals surface area contributed by atoms with E-state index in [0.717, 1.165) is 0 Å². The second-order valence-electron chi connectivity index (χ2n) is 6.30. The van der Waals surface area contributed by atoms with Gasteiger partial charge in [-0.3, -0.25) is 14.6 Å². The molecule has 2 aromatic heterocycles. The van der Waals surface area contributed by atoms with E-state index in [-0.39, 0.29) is 17.9 Å². The highest BCUT2D eigenvalue weighted by molar-refractivity contribution is 6.46. The van der Waals surface area contributed by atoms with Crippen LogP contribution in [0.5, 0.6) is 0 Å². The predicted molar refractivity (Wildman–Crippen MR) is 102 cm³/mol. The van der Waals surface area contributed by atoms with Crippen LogP contribution in [0.2, 0.25) is 5.02 Å². The van der Waals surface area contributed by atoms with Crippen LogP contribution in [0.25, 0.3) is 5.76 Å². The maximum atomic E-state index is 12.8. The number of carbonyl (C=O) groups excluding carboxylic acids is 2. The molecule has 140 valence electrons. The van der Waals surface area contributed by atoms with E-state index in [1.807, 2.05) is 0 Å². The molecule has 1 amide bonds. The number of halogens is 1. The number of nitrogens with zero attached hydrogens (tertiary/aromatic N) is 2. The maximum Gasteiger partial charge on any atom is 0.296 e. The number of furan rings is 1. The average Bonchev–Trinajstić information content (AvgIpc) is 3.31. The molecule has 0 bridgehead atoms. The van der Waals surface area contributed by atoms with Crippen molar-refractivity contribution in [2.24, 2.45) is 0 Å². The van der Waals surface area contributed by atoms with Gasteiger partial charge in [-0.05, 0) is 48.0 Å². The van der Waals surface area contributed by atoms with Crippen molar-refractivity contribution in [1.82, 2.24) is 9.88 Å². The van der Waals surface area contributed by atoms with E-state index in [4.69, 9.17) is 16.0 Å². The van der Waals surface area contributed by atoms with Crippen molar-refractivity contribution in [2.75, 3.05) is 0 Å². The topological polar surface area (TPSA) is 83.6 Å². The van der Waals surface area contributed by atoms with Crippen molar-refractivity contribution in [2.45, 2.75) is 12.6 Å². The highest BCUT2D eigenvalue weighted by atomic mass is 35.5. The third kappa shape index (κ3) is 3.18. The summed E-state index contributed by atoms with van der Waals surface area (Å²) in [7, 11) is 0. The van der Waals surface area contributed by atoms with Gasteiger partial charge in [0.05, 0.1) is 24.4 Å². The van der Waals surface area contributed by atoms with E-state index < -0.39 is 17.7 Å². The highest BCUT2D eigenvalue weighted by Gasteiger charge is 2.46. The molecule has 3 heterocycles. The van der Waals surface area contributed by atoms with Crippen LogP contribution in [0.4, 0.5) is 0 Å². The molecule has 1 fully saturated rings. The Kier molecular flexibility index (Phi) is 4.71. The number of hydrogen-bond donors (Lipinski definition) is 1. The molecular formula is C21H15ClN2O4.